The molecule has 22 heavy (non-hydrogen) atoms. The second-order valence-corrected chi connectivity index (χ2v) is 4.99. The van der Waals surface area contributed by atoms with Crippen LogP contribution in [0.2, 0.25) is 0 Å². The van der Waals surface area contributed by atoms with Gasteiger partial charge in [-0.25, -0.2) is 0 Å². The lowest BCUT2D eigenvalue weighted by atomic mass is 10.1. The Kier molecular flexibility index (Phi) is 5.86. The molecule has 114 valence electrons. The molecule has 4 nitrogen and oxygen atoms in total. The van der Waals surface area contributed by atoms with E-state index in [9.17, 15) is 9.59 Å². The van der Waals surface area contributed by atoms with E-state index in [1.54, 1.807) is 48.5 Å². The number of hydrogen-bond donors (Lipinski definition) is 1. The van der Waals surface area contributed by atoms with Crippen molar-refractivity contribution in [1.29, 1.82) is 0 Å². The Morgan fingerprint density at radius 2 is 1.23 bits per heavy atom. The molecule has 0 spiro atoms. The third-order valence-electron chi connectivity index (χ3n) is 3.37. The molecule has 0 aliphatic rings. The summed E-state index contributed by atoms with van der Waals surface area (Å²) < 4.78 is 0. The largest absolute Gasteiger partial charge is 0.330 e. The van der Waals surface area contributed by atoms with Gasteiger partial charge in [0.2, 0.25) is 0 Å². The number of carbonyl (C=O) groups is 2. The van der Waals surface area contributed by atoms with Gasteiger partial charge in [-0.15, -0.1) is 0 Å². The summed E-state index contributed by atoms with van der Waals surface area (Å²) in [5, 5.41) is 0. The fourth-order valence-corrected chi connectivity index (χ4v) is 2.18. The van der Waals surface area contributed by atoms with Crippen LogP contribution in [-0.4, -0.2) is 29.8 Å². The first-order valence-electron chi connectivity index (χ1n) is 7.40. The van der Waals surface area contributed by atoms with Gasteiger partial charge < -0.3 is 5.73 Å². The van der Waals surface area contributed by atoms with Crippen LogP contribution in [0.15, 0.2) is 60.7 Å². The van der Waals surface area contributed by atoms with Crippen LogP contribution in [0.25, 0.3) is 0 Å². The summed E-state index contributed by atoms with van der Waals surface area (Å²) in [6, 6.07) is 17.7. The number of nitrogens with two attached hydrogens (primary N) is 1. The maximum absolute atomic E-state index is 12.6. The van der Waals surface area contributed by atoms with Crippen molar-refractivity contribution in [3.8, 4) is 0 Å². The average Bonchev–Trinajstić information content (AvgIpc) is 2.59. The lowest BCUT2D eigenvalue weighted by Crippen LogP contribution is -2.37. The van der Waals surface area contributed by atoms with Crippen LogP contribution >= 0.6 is 0 Å². The van der Waals surface area contributed by atoms with Gasteiger partial charge >= 0.3 is 0 Å². The highest BCUT2D eigenvalue weighted by molar-refractivity contribution is 6.10. The van der Waals surface area contributed by atoms with Crippen LogP contribution in [0.3, 0.4) is 0 Å². The summed E-state index contributed by atoms with van der Waals surface area (Å²) in [4.78, 5) is 26.6. The molecule has 0 aromatic heterocycles. The first kappa shape index (κ1) is 15.9. The van der Waals surface area contributed by atoms with Crippen molar-refractivity contribution >= 4 is 11.8 Å². The third-order valence-corrected chi connectivity index (χ3v) is 3.37. The van der Waals surface area contributed by atoms with E-state index in [1.807, 2.05) is 12.1 Å². The highest BCUT2D eigenvalue weighted by Gasteiger charge is 2.23. The summed E-state index contributed by atoms with van der Waals surface area (Å²) >= 11 is 0. The highest BCUT2D eigenvalue weighted by atomic mass is 16.2. The van der Waals surface area contributed by atoms with Gasteiger partial charge in [-0.05, 0) is 43.7 Å². The number of imide groups is 1. The van der Waals surface area contributed by atoms with Gasteiger partial charge in [0.15, 0.2) is 0 Å². The zero-order chi connectivity index (χ0) is 15.8. The molecule has 0 bridgehead atoms. The molecule has 0 saturated carbocycles. The van der Waals surface area contributed by atoms with Crippen molar-refractivity contribution < 1.29 is 9.59 Å². The van der Waals surface area contributed by atoms with Crippen molar-refractivity contribution in [2.75, 3.05) is 13.1 Å². The molecule has 0 heterocycles. The Bertz CT molecular complexity index is 560. The monoisotopic (exact) mass is 296 g/mol. The summed E-state index contributed by atoms with van der Waals surface area (Å²) in [5.74, 6) is -0.544. The zero-order valence-electron chi connectivity index (χ0n) is 12.4. The second-order valence-electron chi connectivity index (χ2n) is 4.99. The number of unbranched alkanes of at least 4 members (excludes halogenated alkanes) is 1. The van der Waals surface area contributed by atoms with Crippen LogP contribution in [0.5, 0.6) is 0 Å². The molecule has 2 N–H and O–H groups in total. The van der Waals surface area contributed by atoms with Crippen LogP contribution < -0.4 is 5.73 Å². The van der Waals surface area contributed by atoms with Gasteiger partial charge in [-0.2, -0.15) is 0 Å². The van der Waals surface area contributed by atoms with E-state index in [2.05, 4.69) is 0 Å². The Hall–Kier alpha value is -2.46. The van der Waals surface area contributed by atoms with E-state index in [4.69, 9.17) is 5.73 Å². The number of carbonyl (C=O) groups excluding carboxylic acids is 2. The standard InChI is InChI=1S/C18H20N2O2/c19-13-7-8-14-20(17(21)15-9-3-1-4-10-15)18(22)16-11-5-2-6-12-16/h1-6,9-12H,7-8,13-14,19H2. The lowest BCUT2D eigenvalue weighted by molar-refractivity contribution is 0.0614. The van der Waals surface area contributed by atoms with Crippen molar-refractivity contribution in [2.45, 2.75) is 12.8 Å². The summed E-state index contributed by atoms with van der Waals surface area (Å²) in [6.07, 6.45) is 1.48. The van der Waals surface area contributed by atoms with Crippen LogP contribution in [0.1, 0.15) is 33.6 Å². The van der Waals surface area contributed by atoms with Crippen molar-refractivity contribution in [2.24, 2.45) is 5.73 Å². The van der Waals surface area contributed by atoms with Gasteiger partial charge in [0.1, 0.15) is 0 Å². The molecule has 0 unspecified atom stereocenters. The quantitative estimate of drug-likeness (QED) is 0.658. The molecule has 2 aromatic rings. The van der Waals surface area contributed by atoms with Crippen molar-refractivity contribution in [1.82, 2.24) is 4.90 Å². The molecule has 2 aromatic carbocycles. The van der Waals surface area contributed by atoms with Crippen LogP contribution in [-0.2, 0) is 0 Å². The van der Waals surface area contributed by atoms with Crippen molar-refractivity contribution in [3.05, 3.63) is 71.8 Å². The number of hydrogen-bond acceptors (Lipinski definition) is 3. The highest BCUT2D eigenvalue weighted by Crippen LogP contribution is 2.11. The summed E-state index contributed by atoms with van der Waals surface area (Å²) in [5.41, 5.74) is 6.53. The van der Waals surface area contributed by atoms with E-state index in [1.165, 1.54) is 4.90 Å². The fourth-order valence-electron chi connectivity index (χ4n) is 2.18. The Morgan fingerprint density at radius 1 is 0.773 bits per heavy atom. The molecule has 0 fully saturated rings. The number of amides is 2. The number of nitrogens with zero attached hydrogens (tertiary/aromatic N) is 1. The molecule has 0 atom stereocenters. The van der Waals surface area contributed by atoms with E-state index in [-0.39, 0.29) is 11.8 Å². The topological polar surface area (TPSA) is 63.4 Å². The fraction of sp³-hybridized carbons (Fsp3) is 0.222. The predicted octanol–water partition coefficient (Wildman–Crippen LogP) is 2.71. The maximum Gasteiger partial charge on any atom is 0.260 e. The normalized spacial score (nSPS) is 10.2. The molecule has 2 rings (SSSR count). The Morgan fingerprint density at radius 3 is 1.64 bits per heavy atom. The SMILES string of the molecule is NCCCCN(C(=O)c1ccccc1)C(=O)c1ccccc1. The zero-order valence-corrected chi connectivity index (χ0v) is 12.4. The minimum atomic E-state index is -0.272. The molecule has 0 saturated heterocycles. The van der Waals surface area contributed by atoms with Crippen LogP contribution in [0.4, 0.5) is 0 Å². The second kappa shape index (κ2) is 8.10. The van der Waals surface area contributed by atoms with Crippen LogP contribution in [0, 0.1) is 0 Å². The number of rotatable bonds is 6. The molecule has 2 amide bonds. The van der Waals surface area contributed by atoms with E-state index >= 15 is 0 Å². The minimum Gasteiger partial charge on any atom is -0.330 e. The Balaban J connectivity index is 2.22. The molecule has 4 heteroatoms. The lowest BCUT2D eigenvalue weighted by Gasteiger charge is -2.21. The molecular weight excluding hydrogens is 276 g/mol. The first-order valence-corrected chi connectivity index (χ1v) is 7.40. The average molecular weight is 296 g/mol. The van der Waals surface area contributed by atoms with Gasteiger partial charge in [0.05, 0.1) is 0 Å². The van der Waals surface area contributed by atoms with Gasteiger partial charge in [0, 0.05) is 17.7 Å². The molecule has 0 aliphatic carbocycles. The smallest absolute Gasteiger partial charge is 0.260 e. The third kappa shape index (κ3) is 4.02. The summed E-state index contributed by atoms with van der Waals surface area (Å²) in [6.45, 7) is 0.922. The minimum absolute atomic E-state index is 0.272. The Labute approximate surface area is 130 Å². The maximum atomic E-state index is 12.6. The summed E-state index contributed by atoms with van der Waals surface area (Å²) in [7, 11) is 0. The molecular formula is C18H20N2O2. The molecule has 0 radical (unpaired) electrons. The van der Waals surface area contributed by atoms with E-state index in [0.29, 0.717) is 30.6 Å². The van der Waals surface area contributed by atoms with Gasteiger partial charge in [-0.3, -0.25) is 14.5 Å². The van der Waals surface area contributed by atoms with Gasteiger partial charge in [0.25, 0.3) is 11.8 Å². The van der Waals surface area contributed by atoms with E-state index < -0.39 is 0 Å². The molecule has 0 aliphatic heterocycles. The predicted molar refractivity (Wildman–Crippen MR) is 86.5 cm³/mol. The first-order chi connectivity index (χ1) is 10.7. The van der Waals surface area contributed by atoms with Crippen molar-refractivity contribution in [3.63, 3.8) is 0 Å². The van der Waals surface area contributed by atoms with Gasteiger partial charge in [-0.1, -0.05) is 36.4 Å². The van der Waals surface area contributed by atoms with E-state index in [0.717, 1.165) is 6.42 Å². The number of benzene rings is 2.